The highest BCUT2D eigenvalue weighted by Crippen LogP contribution is 2.80. The van der Waals surface area contributed by atoms with E-state index in [-0.39, 0.29) is 16.7 Å². The normalized spacial score (nSPS) is 19.7. The Hall–Kier alpha value is -7.56. The molecule has 3 aliphatic rings. The minimum Gasteiger partial charge on any atom is -0.264 e. The summed E-state index contributed by atoms with van der Waals surface area (Å²) in [6.45, 7) is 8.23. The number of unbranched alkanes of at least 4 members (excludes halogenated alkanes) is 1. The maximum atomic E-state index is 4.47. The summed E-state index contributed by atoms with van der Waals surface area (Å²) < 4.78 is 5.31. The molecule has 2 aliphatic heterocycles. The molecule has 328 valence electrons. The van der Waals surface area contributed by atoms with E-state index in [4.69, 9.17) is 0 Å². The Kier molecular flexibility index (Phi) is 9.44. The number of benzene rings is 6. The van der Waals surface area contributed by atoms with E-state index >= 15 is 0 Å². The van der Waals surface area contributed by atoms with E-state index in [2.05, 4.69) is 204 Å². The molecule has 4 unspecified atom stereocenters. The van der Waals surface area contributed by atoms with E-state index in [1.54, 1.807) is 0 Å². The van der Waals surface area contributed by atoms with Gasteiger partial charge in [-0.3, -0.25) is 9.97 Å². The minimum absolute atomic E-state index is 0.0244. The summed E-state index contributed by atoms with van der Waals surface area (Å²) >= 11 is 0. The number of rotatable bonds is 9. The van der Waals surface area contributed by atoms with Gasteiger partial charge in [-0.15, -0.1) is 0 Å². The smallest absolute Gasteiger partial charge is 0.220 e. The average molecular weight is 879 g/mol. The van der Waals surface area contributed by atoms with Crippen LogP contribution in [0.2, 0.25) is 0 Å². The van der Waals surface area contributed by atoms with Crippen LogP contribution >= 0.6 is 0 Å². The molecule has 4 atom stereocenters. The molecule has 1 saturated carbocycles. The summed E-state index contributed by atoms with van der Waals surface area (Å²) in [5, 5.41) is 5.27. The number of nitrogens with zero attached hydrogens (tertiary/aromatic N) is 4. The molecule has 4 nitrogen and oxygen atoms in total. The van der Waals surface area contributed by atoms with E-state index < -0.39 is 0 Å². The Bertz CT molecular complexity index is 3560. The fourth-order valence-electron chi connectivity index (χ4n) is 13.1. The Morgan fingerprint density at radius 2 is 1.21 bits per heavy atom. The Labute approximate surface area is 399 Å². The van der Waals surface area contributed by atoms with Crippen LogP contribution in [0.5, 0.6) is 0 Å². The topological polar surface area (TPSA) is 33.5 Å². The zero-order chi connectivity index (χ0) is 45.6. The summed E-state index contributed by atoms with van der Waals surface area (Å²) in [6.07, 6.45) is 17.0. The summed E-state index contributed by atoms with van der Waals surface area (Å²) in [7, 11) is 0. The predicted octanol–water partition coefficient (Wildman–Crippen LogP) is 14.7. The SMILES string of the molecule is CCCCc1ccc2c3[n+](ccc2c1)C1C(C)(CC)C1(C1C[n+]2ccc4ccccc4c2-c2cc(-c4cccc(-c5cc(-c6cccnc6)cc(-c6cccnc6)c5)c4)ccc21)c1ccccc1-3. The number of hydrogen-bond donors (Lipinski definition) is 0. The van der Waals surface area contributed by atoms with Crippen LogP contribution in [0, 0.1) is 5.41 Å². The summed E-state index contributed by atoms with van der Waals surface area (Å²) in [6, 6.07) is 62.4. The first-order valence-corrected chi connectivity index (χ1v) is 24.7. The molecule has 13 rings (SSSR count). The molecule has 4 heteroatoms. The van der Waals surface area contributed by atoms with Crippen molar-refractivity contribution in [2.24, 2.45) is 5.41 Å². The van der Waals surface area contributed by atoms with E-state index in [0.29, 0.717) is 6.04 Å². The van der Waals surface area contributed by atoms with Gasteiger partial charge < -0.3 is 0 Å². The summed E-state index contributed by atoms with van der Waals surface area (Å²) in [4.78, 5) is 8.94. The third-order valence-electron chi connectivity index (χ3n) is 16.4. The number of fused-ring (bicyclic) bond motifs is 13. The van der Waals surface area contributed by atoms with Crippen LogP contribution in [0.3, 0.4) is 0 Å². The minimum atomic E-state index is -0.122. The molecule has 0 amide bonds. The molecule has 10 aromatic rings. The van der Waals surface area contributed by atoms with Gasteiger partial charge >= 0.3 is 0 Å². The fourth-order valence-corrected chi connectivity index (χ4v) is 13.1. The number of hydrogen-bond acceptors (Lipinski definition) is 2. The van der Waals surface area contributed by atoms with Crippen molar-refractivity contribution in [1.82, 2.24) is 9.97 Å². The predicted molar refractivity (Wildman–Crippen MR) is 277 cm³/mol. The van der Waals surface area contributed by atoms with Gasteiger partial charge in [0, 0.05) is 53.5 Å². The van der Waals surface area contributed by atoms with E-state index in [1.165, 1.54) is 90.3 Å². The van der Waals surface area contributed by atoms with Crippen LogP contribution < -0.4 is 9.13 Å². The highest BCUT2D eigenvalue weighted by atomic mass is 15.2. The molecule has 0 spiro atoms. The lowest BCUT2D eigenvalue weighted by atomic mass is 9.67. The van der Waals surface area contributed by atoms with E-state index in [0.717, 1.165) is 47.2 Å². The maximum Gasteiger partial charge on any atom is 0.220 e. The van der Waals surface area contributed by atoms with Crippen molar-refractivity contribution < 1.29 is 9.13 Å². The molecule has 1 aliphatic carbocycles. The second kappa shape index (κ2) is 15.8. The Morgan fingerprint density at radius 3 is 1.96 bits per heavy atom. The lowest BCUT2D eigenvalue weighted by Gasteiger charge is -2.35. The summed E-state index contributed by atoms with van der Waals surface area (Å²) in [5.74, 6) is 0.238. The van der Waals surface area contributed by atoms with Crippen molar-refractivity contribution in [3.8, 4) is 67.0 Å². The number of pyridine rings is 4. The first-order valence-electron chi connectivity index (χ1n) is 24.7. The molecule has 4 aromatic heterocycles. The molecule has 0 radical (unpaired) electrons. The molecule has 0 N–H and O–H groups in total. The Balaban J connectivity index is 0.977. The number of aromatic nitrogens is 4. The van der Waals surface area contributed by atoms with Gasteiger partial charge in [0.15, 0.2) is 25.0 Å². The highest BCUT2D eigenvalue weighted by Gasteiger charge is 2.85. The largest absolute Gasteiger partial charge is 0.264 e. The van der Waals surface area contributed by atoms with Crippen LogP contribution in [0.25, 0.3) is 88.6 Å². The first kappa shape index (κ1) is 40.7. The fraction of sp³-hybridized carbons (Fsp3) is 0.188. The van der Waals surface area contributed by atoms with Gasteiger partial charge in [-0.05, 0) is 141 Å². The molecule has 68 heavy (non-hydrogen) atoms. The molecule has 0 saturated heterocycles. The van der Waals surface area contributed by atoms with Crippen molar-refractivity contribution in [2.45, 2.75) is 70.4 Å². The van der Waals surface area contributed by atoms with Crippen molar-refractivity contribution >= 4 is 21.5 Å². The van der Waals surface area contributed by atoms with Crippen molar-refractivity contribution in [1.29, 1.82) is 0 Å². The highest BCUT2D eigenvalue weighted by molar-refractivity contribution is 5.97. The quantitative estimate of drug-likeness (QED) is 0.135. The maximum absolute atomic E-state index is 4.47. The van der Waals surface area contributed by atoms with Gasteiger partial charge in [0.2, 0.25) is 11.4 Å². The van der Waals surface area contributed by atoms with Crippen molar-refractivity contribution in [3.05, 3.63) is 218 Å². The molecule has 1 fully saturated rings. The van der Waals surface area contributed by atoms with Crippen molar-refractivity contribution in [3.63, 3.8) is 0 Å². The van der Waals surface area contributed by atoms with E-state index in [1.807, 2.05) is 36.9 Å². The van der Waals surface area contributed by atoms with Crippen molar-refractivity contribution in [2.75, 3.05) is 0 Å². The molecular formula is C64H54N4+2. The standard InChI is InChI=1S/C64H54N4/c1-4-6-14-42-23-25-54-47(33-42)28-32-68-61(54)56-21-9-10-22-58(56)64(62(68)63(64,3)5-2)59-41-67-31-27-43-15-7-8-20-53(43)60(67)57-38-46(24-26-55(57)59)44-16-11-17-45(34-44)50-35-51(48-18-12-29-65-39-48)37-52(36-50)49-19-13-30-66-40-49/h7-13,15-40,59,62H,4-6,14,41H2,1-3H3/q+2. The second-order valence-corrected chi connectivity index (χ2v) is 19.8. The van der Waals surface area contributed by atoms with E-state index in [9.17, 15) is 0 Å². The van der Waals surface area contributed by atoms with Crippen LogP contribution in [0.15, 0.2) is 201 Å². The third-order valence-corrected chi connectivity index (χ3v) is 16.4. The van der Waals surface area contributed by atoms with Gasteiger partial charge in [0.1, 0.15) is 0 Å². The molecule has 6 aromatic carbocycles. The zero-order valence-corrected chi connectivity index (χ0v) is 39.0. The third kappa shape index (κ3) is 6.06. The van der Waals surface area contributed by atoms with Gasteiger partial charge in [0.05, 0.1) is 33.2 Å². The lowest BCUT2D eigenvalue weighted by molar-refractivity contribution is -0.705. The number of aryl methyl sites for hydroxylation is 1. The van der Waals surface area contributed by atoms with Crippen LogP contribution in [0.1, 0.15) is 68.7 Å². The average Bonchev–Trinajstić information content (AvgIpc) is 4.00. The van der Waals surface area contributed by atoms with Gasteiger partial charge in [-0.1, -0.05) is 118 Å². The van der Waals surface area contributed by atoms with Gasteiger partial charge in [-0.25, -0.2) is 0 Å². The van der Waals surface area contributed by atoms with Crippen LogP contribution in [-0.4, -0.2) is 9.97 Å². The van der Waals surface area contributed by atoms with Gasteiger partial charge in [-0.2, -0.15) is 9.13 Å². The van der Waals surface area contributed by atoms with Crippen LogP contribution in [-0.2, 0) is 18.4 Å². The molecule has 6 heterocycles. The van der Waals surface area contributed by atoms with Crippen LogP contribution in [0.4, 0.5) is 0 Å². The first-order chi connectivity index (χ1) is 33.5. The second-order valence-electron chi connectivity index (χ2n) is 19.8. The Morgan fingerprint density at radius 1 is 0.544 bits per heavy atom. The summed E-state index contributed by atoms with van der Waals surface area (Å²) in [5.41, 5.74) is 18.9. The molecule has 0 bridgehead atoms. The van der Waals surface area contributed by atoms with Gasteiger partial charge in [0.25, 0.3) is 0 Å². The lowest BCUT2D eigenvalue weighted by Crippen LogP contribution is -2.49. The monoisotopic (exact) mass is 878 g/mol. The zero-order valence-electron chi connectivity index (χ0n) is 39.0. The molecular weight excluding hydrogens is 825 g/mol.